The van der Waals surface area contributed by atoms with Crippen molar-refractivity contribution in [3.63, 3.8) is 0 Å². The van der Waals surface area contributed by atoms with E-state index in [0.717, 1.165) is 63.2 Å². The molecule has 4 heteroatoms. The van der Waals surface area contributed by atoms with E-state index in [1.807, 2.05) is 36.1 Å². The summed E-state index contributed by atoms with van der Waals surface area (Å²) in [6.07, 6.45) is 3.35. The van der Waals surface area contributed by atoms with Gasteiger partial charge in [-0.1, -0.05) is 42.5 Å². The fourth-order valence-electron chi connectivity index (χ4n) is 4.30. The number of nitrogens with one attached hydrogen (secondary N) is 1. The molecule has 1 fully saturated rings. The normalized spacial score (nSPS) is 18.2. The van der Waals surface area contributed by atoms with Crippen molar-refractivity contribution >= 4 is 11.7 Å². The zero-order valence-electron chi connectivity index (χ0n) is 16.2. The zero-order valence-corrected chi connectivity index (χ0v) is 16.2. The van der Waals surface area contributed by atoms with Crippen LogP contribution in [-0.4, -0.2) is 42.0 Å². The molecule has 142 valence electrons. The number of para-hydroxylation sites is 1. The van der Waals surface area contributed by atoms with Gasteiger partial charge in [0.15, 0.2) is 0 Å². The number of likely N-dealkylation sites (tertiary alicyclic amines) is 1. The summed E-state index contributed by atoms with van der Waals surface area (Å²) in [6, 6.07) is 16.8. The van der Waals surface area contributed by atoms with Gasteiger partial charge in [0.1, 0.15) is 0 Å². The fraction of sp³-hybridized carbons (Fsp3) is 0.435. The lowest BCUT2D eigenvalue weighted by Gasteiger charge is -2.36. The first-order valence-corrected chi connectivity index (χ1v) is 10.1. The minimum absolute atomic E-state index is 0.0367. The van der Waals surface area contributed by atoms with Gasteiger partial charge < -0.3 is 10.2 Å². The lowest BCUT2D eigenvalue weighted by molar-refractivity contribution is 0.147. The number of amides is 2. The van der Waals surface area contributed by atoms with E-state index in [1.165, 1.54) is 11.1 Å². The Bertz CT molecular complexity index is 796. The molecule has 1 N–H and O–H groups in total. The van der Waals surface area contributed by atoms with Crippen LogP contribution in [0.3, 0.4) is 0 Å². The van der Waals surface area contributed by atoms with Crippen LogP contribution >= 0.6 is 0 Å². The van der Waals surface area contributed by atoms with Crippen LogP contribution in [0.2, 0.25) is 0 Å². The van der Waals surface area contributed by atoms with Crippen LogP contribution in [-0.2, 0) is 13.0 Å². The molecule has 4 rings (SSSR count). The predicted molar refractivity (Wildman–Crippen MR) is 110 cm³/mol. The van der Waals surface area contributed by atoms with Crippen molar-refractivity contribution in [1.82, 2.24) is 9.80 Å². The molecule has 0 spiro atoms. The maximum absolute atomic E-state index is 12.6. The van der Waals surface area contributed by atoms with Gasteiger partial charge in [-0.2, -0.15) is 0 Å². The summed E-state index contributed by atoms with van der Waals surface area (Å²) >= 11 is 0. The molecule has 27 heavy (non-hydrogen) atoms. The van der Waals surface area contributed by atoms with Crippen LogP contribution in [0.5, 0.6) is 0 Å². The molecule has 2 amide bonds. The van der Waals surface area contributed by atoms with Gasteiger partial charge in [0.2, 0.25) is 0 Å². The van der Waals surface area contributed by atoms with E-state index in [2.05, 4.69) is 34.5 Å². The molecule has 2 heterocycles. The van der Waals surface area contributed by atoms with E-state index in [9.17, 15) is 4.79 Å². The summed E-state index contributed by atoms with van der Waals surface area (Å²) in [5, 5.41) is 3.06. The van der Waals surface area contributed by atoms with Crippen molar-refractivity contribution in [3.05, 3.63) is 65.2 Å². The largest absolute Gasteiger partial charge is 0.325 e. The maximum atomic E-state index is 12.6. The van der Waals surface area contributed by atoms with Crippen molar-refractivity contribution in [2.75, 3.05) is 31.5 Å². The highest BCUT2D eigenvalue weighted by Crippen LogP contribution is 2.24. The van der Waals surface area contributed by atoms with E-state index in [0.29, 0.717) is 5.92 Å². The summed E-state index contributed by atoms with van der Waals surface area (Å²) in [7, 11) is 0. The molecule has 0 saturated carbocycles. The van der Waals surface area contributed by atoms with Crippen LogP contribution < -0.4 is 5.32 Å². The highest BCUT2D eigenvalue weighted by Gasteiger charge is 2.25. The third kappa shape index (κ3) is 4.33. The number of hydrogen-bond acceptors (Lipinski definition) is 2. The van der Waals surface area contributed by atoms with Crippen molar-refractivity contribution in [2.24, 2.45) is 5.92 Å². The summed E-state index contributed by atoms with van der Waals surface area (Å²) in [6.45, 7) is 7.12. The summed E-state index contributed by atoms with van der Waals surface area (Å²) < 4.78 is 0. The molecule has 2 aliphatic rings. The number of aryl methyl sites for hydroxylation is 1. The number of fused-ring (bicyclic) bond motifs is 1. The van der Waals surface area contributed by atoms with Crippen molar-refractivity contribution in [1.29, 1.82) is 0 Å². The first kappa shape index (κ1) is 18.1. The van der Waals surface area contributed by atoms with Crippen LogP contribution in [0.25, 0.3) is 0 Å². The van der Waals surface area contributed by atoms with Crippen LogP contribution in [0, 0.1) is 12.8 Å². The topological polar surface area (TPSA) is 35.6 Å². The van der Waals surface area contributed by atoms with E-state index < -0.39 is 0 Å². The molecule has 0 radical (unpaired) electrons. The van der Waals surface area contributed by atoms with E-state index in [-0.39, 0.29) is 6.03 Å². The Morgan fingerprint density at radius 3 is 2.48 bits per heavy atom. The third-order valence-electron chi connectivity index (χ3n) is 6.01. The van der Waals surface area contributed by atoms with Gasteiger partial charge >= 0.3 is 6.03 Å². The molecule has 0 atom stereocenters. The molecule has 2 aliphatic heterocycles. The average Bonchev–Trinajstić information content (AvgIpc) is 2.70. The van der Waals surface area contributed by atoms with E-state index in [4.69, 9.17) is 0 Å². The van der Waals surface area contributed by atoms with Crippen molar-refractivity contribution in [3.8, 4) is 0 Å². The highest BCUT2D eigenvalue weighted by molar-refractivity contribution is 5.90. The number of rotatable bonds is 3. The zero-order chi connectivity index (χ0) is 18.6. The first-order chi connectivity index (χ1) is 13.2. The molecule has 0 aromatic heterocycles. The minimum Gasteiger partial charge on any atom is -0.325 e. The van der Waals surface area contributed by atoms with Crippen LogP contribution in [0.4, 0.5) is 10.5 Å². The number of nitrogens with zero attached hydrogens (tertiary/aromatic N) is 2. The Hall–Kier alpha value is -2.33. The second-order valence-electron chi connectivity index (χ2n) is 7.93. The molecule has 0 unspecified atom stereocenters. The van der Waals surface area contributed by atoms with Crippen molar-refractivity contribution < 1.29 is 4.79 Å². The van der Waals surface area contributed by atoms with Gasteiger partial charge in [0.25, 0.3) is 0 Å². The number of piperidine rings is 1. The molecular weight excluding hydrogens is 334 g/mol. The standard InChI is InChI=1S/C23H29N3O/c1-18-6-2-5-9-22(18)24-23(27)26-14-10-19(11-15-26)16-25-13-12-20-7-3-4-8-21(20)17-25/h2-9,19H,10-17H2,1H3,(H,24,27). The van der Waals surface area contributed by atoms with Crippen LogP contribution in [0.15, 0.2) is 48.5 Å². The highest BCUT2D eigenvalue weighted by atomic mass is 16.2. The lowest BCUT2D eigenvalue weighted by Crippen LogP contribution is -2.44. The molecule has 4 nitrogen and oxygen atoms in total. The third-order valence-corrected chi connectivity index (χ3v) is 6.01. The fourth-order valence-corrected chi connectivity index (χ4v) is 4.30. The van der Waals surface area contributed by atoms with Gasteiger partial charge in [-0.3, -0.25) is 4.90 Å². The quantitative estimate of drug-likeness (QED) is 0.883. The number of carbonyl (C=O) groups is 1. The molecule has 1 saturated heterocycles. The van der Waals surface area contributed by atoms with Crippen molar-refractivity contribution in [2.45, 2.75) is 32.7 Å². The van der Waals surface area contributed by atoms with Gasteiger partial charge in [-0.15, -0.1) is 0 Å². The Balaban J connectivity index is 1.26. The van der Waals surface area contributed by atoms with Gasteiger partial charge in [-0.05, 0) is 54.9 Å². The summed E-state index contributed by atoms with van der Waals surface area (Å²) in [5.74, 6) is 0.692. The monoisotopic (exact) mass is 363 g/mol. The van der Waals surface area contributed by atoms with E-state index in [1.54, 1.807) is 0 Å². The second-order valence-corrected chi connectivity index (χ2v) is 7.93. The van der Waals surface area contributed by atoms with E-state index >= 15 is 0 Å². The molecule has 2 aromatic rings. The Morgan fingerprint density at radius 2 is 1.70 bits per heavy atom. The maximum Gasteiger partial charge on any atom is 0.321 e. The summed E-state index contributed by atoms with van der Waals surface area (Å²) in [5.41, 5.74) is 5.01. The molecule has 0 aliphatic carbocycles. The minimum atomic E-state index is 0.0367. The first-order valence-electron chi connectivity index (χ1n) is 10.1. The number of carbonyl (C=O) groups excluding carboxylic acids is 1. The molecule has 0 bridgehead atoms. The Labute approximate surface area is 162 Å². The Morgan fingerprint density at radius 1 is 1.00 bits per heavy atom. The lowest BCUT2D eigenvalue weighted by atomic mass is 9.94. The summed E-state index contributed by atoms with van der Waals surface area (Å²) in [4.78, 5) is 17.1. The number of hydrogen-bond donors (Lipinski definition) is 1. The average molecular weight is 364 g/mol. The number of benzene rings is 2. The van der Waals surface area contributed by atoms with Gasteiger partial charge in [0, 0.05) is 38.4 Å². The number of urea groups is 1. The Kier molecular flexibility index (Phi) is 5.44. The smallest absolute Gasteiger partial charge is 0.321 e. The second kappa shape index (κ2) is 8.13. The molecular formula is C23H29N3O. The predicted octanol–water partition coefficient (Wildman–Crippen LogP) is 4.30. The van der Waals surface area contributed by atoms with Gasteiger partial charge in [0.05, 0.1) is 0 Å². The van der Waals surface area contributed by atoms with Crippen LogP contribution in [0.1, 0.15) is 29.5 Å². The molecule has 2 aromatic carbocycles. The SMILES string of the molecule is Cc1ccccc1NC(=O)N1CCC(CN2CCc3ccccc3C2)CC1. The number of anilines is 1. The van der Waals surface area contributed by atoms with Gasteiger partial charge in [-0.25, -0.2) is 4.79 Å².